The number of amides is 4. The molecule has 170 valence electrons. The van der Waals surface area contributed by atoms with E-state index in [9.17, 15) is 24.0 Å². The van der Waals surface area contributed by atoms with Gasteiger partial charge in [-0.1, -0.05) is 6.07 Å². The van der Waals surface area contributed by atoms with Crippen molar-refractivity contribution in [2.45, 2.75) is 45.1 Å². The van der Waals surface area contributed by atoms with E-state index in [0.717, 1.165) is 10.5 Å². The molecule has 0 aliphatic carbocycles. The second kappa shape index (κ2) is 8.57. The van der Waals surface area contributed by atoms with E-state index in [1.54, 1.807) is 30.3 Å². The molecule has 0 unspecified atom stereocenters. The van der Waals surface area contributed by atoms with Crippen LogP contribution in [0.5, 0.6) is 5.88 Å². The lowest BCUT2D eigenvalue weighted by atomic mass is 9.89. The molecule has 2 aliphatic heterocycles. The van der Waals surface area contributed by atoms with Crippen molar-refractivity contribution in [1.82, 2.24) is 15.2 Å². The minimum absolute atomic E-state index is 0.0451. The maximum Gasteiger partial charge on any atom is 0.262 e. The fourth-order valence-corrected chi connectivity index (χ4v) is 4.08. The molecule has 1 saturated heterocycles. The predicted molar refractivity (Wildman–Crippen MR) is 116 cm³/mol. The zero-order valence-electron chi connectivity index (χ0n) is 18.3. The summed E-state index contributed by atoms with van der Waals surface area (Å²) < 4.78 is 5.28. The maximum atomic E-state index is 13.1. The first-order valence-electron chi connectivity index (χ1n) is 10.7. The van der Waals surface area contributed by atoms with Gasteiger partial charge in [-0.05, 0) is 50.5 Å². The van der Waals surface area contributed by atoms with Crippen molar-refractivity contribution in [2.24, 2.45) is 0 Å². The third-order valence-electron chi connectivity index (χ3n) is 6.02. The van der Waals surface area contributed by atoms with E-state index < -0.39 is 29.2 Å². The Morgan fingerprint density at radius 2 is 1.88 bits per heavy atom. The quantitative estimate of drug-likeness (QED) is 0.507. The summed E-state index contributed by atoms with van der Waals surface area (Å²) in [6, 6.07) is 8.13. The molecule has 9 heteroatoms. The van der Waals surface area contributed by atoms with Crippen LogP contribution in [0.1, 0.15) is 69.7 Å². The molecule has 1 atom stereocenters. The molecule has 2 aromatic rings. The molecule has 0 spiro atoms. The number of ketones is 1. The van der Waals surface area contributed by atoms with E-state index in [1.165, 1.54) is 13.1 Å². The summed E-state index contributed by atoms with van der Waals surface area (Å²) in [6.45, 7) is 3.82. The van der Waals surface area contributed by atoms with Crippen LogP contribution in [0.2, 0.25) is 0 Å². The van der Waals surface area contributed by atoms with Crippen molar-refractivity contribution in [1.29, 1.82) is 0 Å². The lowest BCUT2D eigenvalue weighted by Gasteiger charge is -2.38. The van der Waals surface area contributed by atoms with Crippen LogP contribution in [0.25, 0.3) is 0 Å². The number of hydrogen-bond acceptors (Lipinski definition) is 7. The Kier molecular flexibility index (Phi) is 5.80. The van der Waals surface area contributed by atoms with Gasteiger partial charge in [0.25, 0.3) is 17.7 Å². The van der Waals surface area contributed by atoms with Gasteiger partial charge in [0.05, 0.1) is 17.7 Å². The molecule has 0 bridgehead atoms. The number of piperidine rings is 1. The van der Waals surface area contributed by atoms with Crippen LogP contribution in [-0.4, -0.2) is 51.4 Å². The molecular formula is C24H23N3O6. The van der Waals surface area contributed by atoms with E-state index in [4.69, 9.17) is 4.74 Å². The van der Waals surface area contributed by atoms with Crippen molar-refractivity contribution in [3.8, 4) is 5.88 Å². The number of carbonyl (C=O) groups excluding carboxylic acids is 5. The highest BCUT2D eigenvalue weighted by Crippen LogP contribution is 2.34. The Hall–Kier alpha value is -3.88. The van der Waals surface area contributed by atoms with E-state index in [0.29, 0.717) is 24.5 Å². The van der Waals surface area contributed by atoms with Crippen LogP contribution >= 0.6 is 0 Å². The number of Topliss-reactive ketones (excluding diaryl/α,β-unsaturated/α-hetero) is 1. The van der Waals surface area contributed by atoms with E-state index in [-0.39, 0.29) is 36.2 Å². The van der Waals surface area contributed by atoms with Gasteiger partial charge in [-0.3, -0.25) is 34.2 Å². The van der Waals surface area contributed by atoms with Gasteiger partial charge in [0.15, 0.2) is 5.78 Å². The van der Waals surface area contributed by atoms with E-state index >= 15 is 0 Å². The molecule has 2 aliphatic rings. The minimum Gasteiger partial charge on any atom is -0.478 e. The largest absolute Gasteiger partial charge is 0.478 e. The number of aryl methyl sites for hydroxylation is 1. The molecular weight excluding hydrogens is 426 g/mol. The molecule has 33 heavy (non-hydrogen) atoms. The molecule has 1 N–H and O–H groups in total. The third kappa shape index (κ3) is 4.02. The Morgan fingerprint density at radius 3 is 2.55 bits per heavy atom. The summed E-state index contributed by atoms with van der Waals surface area (Å²) in [5.41, 5.74) is 0.147. The topological polar surface area (TPSA) is 123 Å². The highest BCUT2D eigenvalue weighted by atomic mass is 16.5. The van der Waals surface area contributed by atoms with E-state index in [1.807, 2.05) is 6.92 Å². The number of aromatic nitrogens is 1. The van der Waals surface area contributed by atoms with Gasteiger partial charge in [0.2, 0.25) is 11.8 Å². The normalized spacial score (nSPS) is 20.0. The number of pyridine rings is 1. The summed E-state index contributed by atoms with van der Waals surface area (Å²) in [4.78, 5) is 67.6. The van der Waals surface area contributed by atoms with Gasteiger partial charge in [-0.15, -0.1) is 0 Å². The first kappa shape index (κ1) is 22.3. The van der Waals surface area contributed by atoms with Crippen molar-refractivity contribution in [2.75, 3.05) is 6.61 Å². The van der Waals surface area contributed by atoms with Gasteiger partial charge >= 0.3 is 0 Å². The van der Waals surface area contributed by atoms with Crippen LogP contribution in [0.4, 0.5) is 0 Å². The van der Waals surface area contributed by atoms with Crippen LogP contribution in [-0.2, 0) is 16.0 Å². The maximum absolute atomic E-state index is 13.1. The summed E-state index contributed by atoms with van der Waals surface area (Å²) in [5, 5.41) is 2.21. The number of fused-ring (bicyclic) bond motifs is 1. The molecule has 3 heterocycles. The van der Waals surface area contributed by atoms with Gasteiger partial charge in [0, 0.05) is 30.7 Å². The lowest BCUT2D eigenvalue weighted by Crippen LogP contribution is -2.62. The number of nitrogens with one attached hydrogen (secondary N) is 1. The van der Waals surface area contributed by atoms with Gasteiger partial charge in [0.1, 0.15) is 5.54 Å². The van der Waals surface area contributed by atoms with Gasteiger partial charge in [-0.25, -0.2) is 4.98 Å². The fraction of sp³-hybridized carbons (Fsp3) is 0.333. The van der Waals surface area contributed by atoms with Gasteiger partial charge < -0.3 is 4.74 Å². The monoisotopic (exact) mass is 449 g/mol. The molecule has 0 radical (unpaired) electrons. The Bertz CT molecular complexity index is 1170. The van der Waals surface area contributed by atoms with Crippen LogP contribution < -0.4 is 10.1 Å². The second-order valence-corrected chi connectivity index (χ2v) is 8.22. The van der Waals surface area contributed by atoms with Gasteiger partial charge in [-0.2, -0.15) is 0 Å². The highest BCUT2D eigenvalue weighted by molar-refractivity contribution is 6.24. The first-order valence-corrected chi connectivity index (χ1v) is 10.7. The molecule has 9 nitrogen and oxygen atoms in total. The zero-order valence-corrected chi connectivity index (χ0v) is 18.3. The van der Waals surface area contributed by atoms with Crippen LogP contribution in [0.3, 0.4) is 0 Å². The number of imide groups is 2. The summed E-state index contributed by atoms with van der Waals surface area (Å²) >= 11 is 0. The molecule has 4 amide bonds. The summed E-state index contributed by atoms with van der Waals surface area (Å²) in [7, 11) is 0. The molecule has 1 aromatic carbocycles. The number of hydrogen-bond donors (Lipinski definition) is 1. The number of benzene rings is 1. The van der Waals surface area contributed by atoms with Crippen LogP contribution in [0.15, 0.2) is 36.5 Å². The average Bonchev–Trinajstić information content (AvgIpc) is 3.05. The number of nitrogens with zero attached hydrogens (tertiary/aromatic N) is 2. The Balaban J connectivity index is 1.48. The van der Waals surface area contributed by atoms with Crippen molar-refractivity contribution >= 4 is 29.4 Å². The van der Waals surface area contributed by atoms with Crippen LogP contribution in [0, 0.1) is 0 Å². The SMILES string of the molecule is CCOc1ccc(C(=O)CCc2ccc3c(c2)C(=O)N([C@@]2(C)CCC(=O)NC2=O)C3=O)cn1. The Labute approximate surface area is 190 Å². The predicted octanol–water partition coefficient (Wildman–Crippen LogP) is 2.09. The molecule has 1 aromatic heterocycles. The van der Waals surface area contributed by atoms with Crippen molar-refractivity contribution in [3.63, 3.8) is 0 Å². The smallest absolute Gasteiger partial charge is 0.262 e. The lowest BCUT2D eigenvalue weighted by molar-refractivity contribution is -0.140. The highest BCUT2D eigenvalue weighted by Gasteiger charge is 2.52. The van der Waals surface area contributed by atoms with E-state index in [2.05, 4.69) is 10.3 Å². The fourth-order valence-electron chi connectivity index (χ4n) is 4.08. The second-order valence-electron chi connectivity index (χ2n) is 8.22. The number of carbonyl (C=O) groups is 5. The first-order chi connectivity index (χ1) is 15.7. The Morgan fingerprint density at radius 1 is 1.12 bits per heavy atom. The number of ether oxygens (including phenoxy) is 1. The number of rotatable bonds is 7. The molecule has 0 saturated carbocycles. The average molecular weight is 449 g/mol. The van der Waals surface area contributed by atoms with Crippen molar-refractivity contribution in [3.05, 3.63) is 58.8 Å². The zero-order chi connectivity index (χ0) is 23.8. The standard InChI is InChI=1S/C24H23N3O6/c1-3-33-20-9-6-15(13-25-20)18(28)8-5-14-4-7-16-17(12-14)22(31)27(21(16)30)24(2)11-10-19(29)26-23(24)32/h4,6-7,9,12-13H,3,5,8,10-11H2,1-2H3,(H,26,29,32)/t24-/m0/s1. The molecule has 4 rings (SSSR count). The summed E-state index contributed by atoms with van der Waals surface area (Å²) in [5.74, 6) is -1.89. The van der Waals surface area contributed by atoms with Crippen molar-refractivity contribution < 1.29 is 28.7 Å². The summed E-state index contributed by atoms with van der Waals surface area (Å²) in [6.07, 6.45) is 2.15. The molecule has 1 fully saturated rings. The minimum atomic E-state index is -1.43. The third-order valence-corrected chi connectivity index (χ3v) is 6.02.